The van der Waals surface area contributed by atoms with E-state index in [4.69, 9.17) is 5.11 Å². The van der Waals surface area contributed by atoms with Gasteiger partial charge in [0.05, 0.1) is 12.6 Å². The lowest BCUT2D eigenvalue weighted by Crippen LogP contribution is -2.48. The second kappa shape index (κ2) is 4.58. The molecule has 4 nitrogen and oxygen atoms in total. The van der Waals surface area contributed by atoms with Gasteiger partial charge in [0, 0.05) is 12.6 Å². The Morgan fingerprint density at radius 3 is 2.82 bits per heavy atom. The highest BCUT2D eigenvalue weighted by Gasteiger charge is 2.45. The number of carbonyl (C=O) groups excluding carboxylic acids is 1. The summed E-state index contributed by atoms with van der Waals surface area (Å²) < 4.78 is 0. The fraction of sp³-hybridized carbons (Fsp3) is 0.923. The first-order chi connectivity index (χ1) is 8.31. The Morgan fingerprint density at radius 2 is 2.12 bits per heavy atom. The molecule has 3 rings (SSSR count). The molecule has 1 aliphatic heterocycles. The lowest BCUT2D eigenvalue weighted by molar-refractivity contribution is -0.135. The highest BCUT2D eigenvalue weighted by molar-refractivity contribution is 5.83. The van der Waals surface area contributed by atoms with Crippen LogP contribution in [-0.4, -0.2) is 47.7 Å². The first-order valence-corrected chi connectivity index (χ1v) is 6.96. The summed E-state index contributed by atoms with van der Waals surface area (Å²) in [5.41, 5.74) is 0. The average Bonchev–Trinajstić information content (AvgIpc) is 2.90. The fourth-order valence-electron chi connectivity index (χ4n) is 3.60. The van der Waals surface area contributed by atoms with Gasteiger partial charge in [0.1, 0.15) is 0 Å². The third-order valence-electron chi connectivity index (χ3n) is 4.62. The van der Waals surface area contributed by atoms with Crippen molar-refractivity contribution in [1.29, 1.82) is 0 Å². The zero-order valence-electron chi connectivity index (χ0n) is 10.3. The minimum atomic E-state index is 0.0367. The van der Waals surface area contributed by atoms with Crippen LogP contribution in [0.15, 0.2) is 0 Å². The highest BCUT2D eigenvalue weighted by atomic mass is 16.3. The Balaban J connectivity index is 1.67. The number of fused-ring (bicyclic) bond motifs is 1. The number of aliphatic hydroxyl groups excluding tert-OH is 1. The molecule has 0 bridgehead atoms. The van der Waals surface area contributed by atoms with Gasteiger partial charge in [-0.3, -0.25) is 4.79 Å². The summed E-state index contributed by atoms with van der Waals surface area (Å²) in [6.07, 6.45) is 6.00. The zero-order valence-corrected chi connectivity index (χ0v) is 10.3. The lowest BCUT2D eigenvalue weighted by atomic mass is 9.93. The van der Waals surface area contributed by atoms with Crippen LogP contribution in [0, 0.1) is 11.8 Å². The van der Waals surface area contributed by atoms with E-state index in [-0.39, 0.29) is 18.6 Å². The Morgan fingerprint density at radius 1 is 1.29 bits per heavy atom. The maximum atomic E-state index is 12.5. The van der Waals surface area contributed by atoms with Gasteiger partial charge in [0.25, 0.3) is 0 Å². The Labute approximate surface area is 102 Å². The van der Waals surface area contributed by atoms with Crippen molar-refractivity contribution < 1.29 is 9.90 Å². The summed E-state index contributed by atoms with van der Waals surface area (Å²) in [6.45, 7) is 1.61. The van der Waals surface area contributed by atoms with Crippen molar-refractivity contribution in [2.45, 2.75) is 44.2 Å². The summed E-state index contributed by atoms with van der Waals surface area (Å²) in [5.74, 6) is 1.53. The molecule has 17 heavy (non-hydrogen) atoms. The van der Waals surface area contributed by atoms with Gasteiger partial charge in [0.15, 0.2) is 0 Å². The molecule has 0 radical (unpaired) electrons. The molecule has 2 saturated carbocycles. The first-order valence-electron chi connectivity index (χ1n) is 6.96. The summed E-state index contributed by atoms with van der Waals surface area (Å²) in [4.78, 5) is 14.4. The summed E-state index contributed by atoms with van der Waals surface area (Å²) in [7, 11) is 0. The first kappa shape index (κ1) is 11.5. The zero-order chi connectivity index (χ0) is 11.8. The molecule has 0 aromatic heterocycles. The second-order valence-electron chi connectivity index (χ2n) is 5.73. The molecule has 2 N–H and O–H groups in total. The van der Waals surface area contributed by atoms with Crippen molar-refractivity contribution in [3.63, 3.8) is 0 Å². The molecule has 1 heterocycles. The number of nitrogens with zero attached hydrogens (tertiary/aromatic N) is 1. The van der Waals surface area contributed by atoms with Gasteiger partial charge >= 0.3 is 0 Å². The number of hydrogen-bond acceptors (Lipinski definition) is 3. The van der Waals surface area contributed by atoms with E-state index in [9.17, 15) is 4.79 Å². The molecule has 0 aromatic carbocycles. The standard InChI is InChI=1S/C13H22N2O2/c16-7-6-15(10-4-5-10)13(17)12-11-3-1-2-9(11)8-14-12/h9-12,14,16H,1-8H2. The van der Waals surface area contributed by atoms with Gasteiger partial charge in [-0.25, -0.2) is 0 Å². The number of carbonyl (C=O) groups is 1. The van der Waals surface area contributed by atoms with E-state index in [1.165, 1.54) is 19.3 Å². The van der Waals surface area contributed by atoms with Gasteiger partial charge in [-0.2, -0.15) is 0 Å². The Hall–Kier alpha value is -0.610. The molecule has 3 atom stereocenters. The predicted octanol–water partition coefficient (Wildman–Crippen LogP) is 0.358. The predicted molar refractivity (Wildman–Crippen MR) is 64.4 cm³/mol. The highest BCUT2D eigenvalue weighted by Crippen LogP contribution is 2.39. The topological polar surface area (TPSA) is 52.6 Å². The molecule has 3 aliphatic rings. The normalized spacial score (nSPS) is 35.9. The average molecular weight is 238 g/mol. The Kier molecular flexibility index (Phi) is 3.09. The van der Waals surface area contributed by atoms with Crippen molar-refractivity contribution in [3.8, 4) is 0 Å². The fourth-order valence-corrected chi connectivity index (χ4v) is 3.60. The molecule has 3 fully saturated rings. The van der Waals surface area contributed by atoms with Crippen molar-refractivity contribution in [2.24, 2.45) is 11.8 Å². The maximum absolute atomic E-state index is 12.5. The minimum absolute atomic E-state index is 0.0367. The van der Waals surface area contributed by atoms with Gasteiger partial charge in [0.2, 0.25) is 5.91 Å². The van der Waals surface area contributed by atoms with Gasteiger partial charge in [-0.15, -0.1) is 0 Å². The number of rotatable bonds is 4. The minimum Gasteiger partial charge on any atom is -0.395 e. The van der Waals surface area contributed by atoms with Crippen LogP contribution in [0.3, 0.4) is 0 Å². The second-order valence-corrected chi connectivity index (χ2v) is 5.73. The summed E-state index contributed by atoms with van der Waals surface area (Å²) >= 11 is 0. The van der Waals surface area contributed by atoms with E-state index >= 15 is 0 Å². The third-order valence-corrected chi connectivity index (χ3v) is 4.62. The van der Waals surface area contributed by atoms with Crippen LogP contribution < -0.4 is 5.32 Å². The molecule has 0 aromatic rings. The van der Waals surface area contributed by atoms with Crippen LogP contribution in [-0.2, 0) is 4.79 Å². The van der Waals surface area contributed by atoms with Crippen molar-refractivity contribution in [3.05, 3.63) is 0 Å². The van der Waals surface area contributed by atoms with Crippen molar-refractivity contribution in [1.82, 2.24) is 10.2 Å². The van der Waals surface area contributed by atoms with Gasteiger partial charge in [-0.05, 0) is 44.1 Å². The molecule has 3 unspecified atom stereocenters. The van der Waals surface area contributed by atoms with E-state index in [0.29, 0.717) is 18.5 Å². The van der Waals surface area contributed by atoms with E-state index in [2.05, 4.69) is 5.32 Å². The monoisotopic (exact) mass is 238 g/mol. The molecule has 1 saturated heterocycles. The molecule has 1 amide bonds. The smallest absolute Gasteiger partial charge is 0.240 e. The molecular formula is C13H22N2O2. The van der Waals surface area contributed by atoms with Crippen LogP contribution in [0.1, 0.15) is 32.1 Å². The van der Waals surface area contributed by atoms with Crippen molar-refractivity contribution >= 4 is 5.91 Å². The van der Waals surface area contributed by atoms with E-state index < -0.39 is 0 Å². The van der Waals surface area contributed by atoms with Gasteiger partial charge in [-0.1, -0.05) is 6.42 Å². The summed E-state index contributed by atoms with van der Waals surface area (Å²) in [6, 6.07) is 0.451. The largest absolute Gasteiger partial charge is 0.395 e. The van der Waals surface area contributed by atoms with E-state index in [1.807, 2.05) is 4.90 Å². The van der Waals surface area contributed by atoms with Crippen LogP contribution in [0.5, 0.6) is 0 Å². The van der Waals surface area contributed by atoms with E-state index in [1.54, 1.807) is 0 Å². The van der Waals surface area contributed by atoms with Gasteiger partial charge < -0.3 is 15.3 Å². The molecule has 2 aliphatic carbocycles. The SMILES string of the molecule is O=C(C1NCC2CCCC21)N(CCO)C1CC1. The lowest BCUT2D eigenvalue weighted by Gasteiger charge is -2.27. The van der Waals surface area contributed by atoms with E-state index in [0.717, 1.165) is 25.3 Å². The third kappa shape index (κ3) is 2.08. The quantitative estimate of drug-likeness (QED) is 0.743. The summed E-state index contributed by atoms with van der Waals surface area (Å²) in [5, 5.41) is 12.5. The molecular weight excluding hydrogens is 216 g/mol. The molecule has 96 valence electrons. The number of nitrogens with one attached hydrogen (secondary N) is 1. The van der Waals surface area contributed by atoms with Crippen LogP contribution in [0.2, 0.25) is 0 Å². The van der Waals surface area contributed by atoms with Crippen LogP contribution in [0.25, 0.3) is 0 Å². The number of aliphatic hydroxyl groups is 1. The van der Waals surface area contributed by atoms with Crippen LogP contribution >= 0.6 is 0 Å². The molecule has 0 spiro atoms. The maximum Gasteiger partial charge on any atom is 0.240 e. The van der Waals surface area contributed by atoms with Crippen LogP contribution in [0.4, 0.5) is 0 Å². The van der Waals surface area contributed by atoms with Crippen molar-refractivity contribution in [2.75, 3.05) is 19.7 Å². The Bertz CT molecular complexity index is 304. The molecule has 4 heteroatoms. The number of hydrogen-bond donors (Lipinski definition) is 2. The number of amides is 1.